The highest BCUT2D eigenvalue weighted by atomic mass is 79.9. The van der Waals surface area contributed by atoms with Gasteiger partial charge in [-0.05, 0) is 48.2 Å². The number of ether oxygens (including phenoxy) is 1. The quantitative estimate of drug-likeness (QED) is 0.774. The van der Waals surface area contributed by atoms with Crippen LogP contribution in [0.2, 0.25) is 0 Å². The number of alkyl halides is 1. The molecule has 0 saturated heterocycles. The summed E-state index contributed by atoms with van der Waals surface area (Å²) in [6.45, 7) is 2.70. The molecule has 1 saturated carbocycles. The second-order valence-electron chi connectivity index (χ2n) is 5.41. The Balaban J connectivity index is 2.09. The average molecular weight is 359 g/mol. The second kappa shape index (κ2) is 5.28. The molecule has 1 aliphatic carbocycles. The third-order valence-corrected chi connectivity index (χ3v) is 4.71. The van der Waals surface area contributed by atoms with E-state index < -0.39 is 0 Å². The Labute approximate surface area is 131 Å². The Morgan fingerprint density at radius 1 is 1.55 bits per heavy atom. The first kappa shape index (κ1) is 14.3. The van der Waals surface area contributed by atoms with Gasteiger partial charge in [-0.1, -0.05) is 0 Å². The Kier molecular flexibility index (Phi) is 3.77. The number of fused-ring (bicyclic) bond motifs is 1. The van der Waals surface area contributed by atoms with E-state index in [1.165, 1.54) is 6.42 Å². The fourth-order valence-corrected chi connectivity index (χ4v) is 3.24. The molecule has 1 unspecified atom stereocenters. The molecule has 0 aromatic carbocycles. The largest absolute Gasteiger partial charge is 0.376 e. The summed E-state index contributed by atoms with van der Waals surface area (Å²) in [5.41, 5.74) is 1.66. The van der Waals surface area contributed by atoms with E-state index in [4.69, 9.17) is 16.3 Å². The molecule has 1 atom stereocenters. The van der Waals surface area contributed by atoms with Crippen LogP contribution in [0.5, 0.6) is 0 Å². The Morgan fingerprint density at radius 3 is 2.85 bits per heavy atom. The van der Waals surface area contributed by atoms with Crippen molar-refractivity contribution in [3.05, 3.63) is 22.6 Å². The van der Waals surface area contributed by atoms with Crippen molar-refractivity contribution in [1.82, 2.24) is 14.5 Å². The van der Waals surface area contributed by atoms with Crippen molar-refractivity contribution in [3.8, 4) is 0 Å². The van der Waals surface area contributed by atoms with Gasteiger partial charge in [-0.2, -0.15) is 0 Å². The van der Waals surface area contributed by atoms with Gasteiger partial charge in [0.15, 0.2) is 5.65 Å². The molecule has 2 heterocycles. The smallest absolute Gasteiger partial charge is 0.160 e. The minimum atomic E-state index is -0.156. The molecule has 1 fully saturated rings. The van der Waals surface area contributed by atoms with Gasteiger partial charge in [0.2, 0.25) is 0 Å². The van der Waals surface area contributed by atoms with Crippen molar-refractivity contribution in [1.29, 1.82) is 0 Å². The van der Waals surface area contributed by atoms with Crippen LogP contribution in [-0.2, 0) is 11.3 Å². The topological polar surface area (TPSA) is 39.9 Å². The maximum absolute atomic E-state index is 6.29. The van der Waals surface area contributed by atoms with Gasteiger partial charge in [-0.3, -0.25) is 0 Å². The van der Waals surface area contributed by atoms with Gasteiger partial charge >= 0.3 is 0 Å². The van der Waals surface area contributed by atoms with E-state index in [1.807, 2.05) is 13.0 Å². The van der Waals surface area contributed by atoms with Gasteiger partial charge in [0.05, 0.1) is 17.5 Å². The van der Waals surface area contributed by atoms with Crippen LogP contribution < -0.4 is 0 Å². The minimum absolute atomic E-state index is 0.0804. The number of nitrogens with zero attached hydrogens (tertiary/aromatic N) is 3. The fraction of sp³-hybridized carbons (Fsp3) is 0.571. The van der Waals surface area contributed by atoms with Crippen LogP contribution >= 0.6 is 27.5 Å². The molecule has 0 N–H and O–H groups in total. The van der Waals surface area contributed by atoms with E-state index >= 15 is 0 Å². The van der Waals surface area contributed by atoms with Crippen LogP contribution in [0.1, 0.15) is 37.4 Å². The van der Waals surface area contributed by atoms with Gasteiger partial charge in [-0.25, -0.2) is 9.97 Å². The average Bonchev–Trinajstić information content (AvgIpc) is 2.71. The third-order valence-electron chi connectivity index (χ3n) is 4.08. The van der Waals surface area contributed by atoms with Gasteiger partial charge in [-0.15, -0.1) is 11.6 Å². The summed E-state index contributed by atoms with van der Waals surface area (Å²) in [7, 11) is 1.78. The first-order chi connectivity index (χ1) is 9.54. The van der Waals surface area contributed by atoms with E-state index in [1.54, 1.807) is 13.3 Å². The molecule has 0 radical (unpaired) electrons. The minimum Gasteiger partial charge on any atom is -0.376 e. The van der Waals surface area contributed by atoms with Crippen LogP contribution in [0, 0.1) is 0 Å². The molecular formula is C14H17BrClN3O. The number of hydrogen-bond donors (Lipinski definition) is 0. The molecule has 1 aliphatic rings. The summed E-state index contributed by atoms with van der Waals surface area (Å²) in [5.74, 6) is 0.857. The van der Waals surface area contributed by atoms with Gasteiger partial charge in [0, 0.05) is 17.8 Å². The molecule has 6 heteroatoms. The molecule has 2 aromatic heterocycles. The summed E-state index contributed by atoms with van der Waals surface area (Å²) in [6.07, 6.45) is 5.17. The molecule has 3 rings (SSSR count). The van der Waals surface area contributed by atoms with Crippen molar-refractivity contribution < 1.29 is 4.74 Å². The predicted octanol–water partition coefficient (Wildman–Crippen LogP) is 4.06. The number of rotatable bonds is 4. The van der Waals surface area contributed by atoms with Crippen LogP contribution in [0.25, 0.3) is 11.2 Å². The maximum atomic E-state index is 6.29. The van der Waals surface area contributed by atoms with Crippen LogP contribution in [0.15, 0.2) is 16.7 Å². The summed E-state index contributed by atoms with van der Waals surface area (Å²) >= 11 is 9.72. The highest BCUT2D eigenvalue weighted by Gasteiger charge is 2.38. The summed E-state index contributed by atoms with van der Waals surface area (Å²) in [5, 5.41) is -0.156. The summed E-state index contributed by atoms with van der Waals surface area (Å²) < 4.78 is 8.76. The molecule has 108 valence electrons. The SMILES string of the molecule is COC1(Cn2c(C(C)Cl)nc3cc(Br)cnc32)CCC1. The molecule has 20 heavy (non-hydrogen) atoms. The lowest BCUT2D eigenvalue weighted by Crippen LogP contribution is -2.43. The molecule has 0 bridgehead atoms. The molecule has 4 nitrogen and oxygen atoms in total. The zero-order chi connectivity index (χ0) is 14.3. The maximum Gasteiger partial charge on any atom is 0.160 e. The zero-order valence-electron chi connectivity index (χ0n) is 11.6. The lowest BCUT2D eigenvalue weighted by Gasteiger charge is -2.41. The standard InChI is InChI=1S/C14H17BrClN3O/c1-9(16)12-18-11-6-10(15)7-17-13(11)19(12)8-14(20-2)4-3-5-14/h6-7,9H,3-5,8H2,1-2H3. The van der Waals surface area contributed by atoms with Crippen molar-refractivity contribution in [2.75, 3.05) is 7.11 Å². The van der Waals surface area contributed by atoms with E-state index in [-0.39, 0.29) is 11.0 Å². The normalized spacial score (nSPS) is 19.0. The highest BCUT2D eigenvalue weighted by molar-refractivity contribution is 9.10. The third kappa shape index (κ3) is 2.36. The molecule has 0 aliphatic heterocycles. The lowest BCUT2D eigenvalue weighted by molar-refractivity contribution is -0.0833. The van der Waals surface area contributed by atoms with Crippen molar-refractivity contribution in [2.24, 2.45) is 0 Å². The number of aromatic nitrogens is 3. The van der Waals surface area contributed by atoms with Gasteiger partial charge < -0.3 is 9.30 Å². The van der Waals surface area contributed by atoms with Gasteiger partial charge in [0.25, 0.3) is 0 Å². The Morgan fingerprint density at radius 2 is 2.30 bits per heavy atom. The first-order valence-electron chi connectivity index (χ1n) is 6.75. The second-order valence-corrected chi connectivity index (χ2v) is 6.98. The molecule has 0 spiro atoms. The number of hydrogen-bond acceptors (Lipinski definition) is 3. The molecule has 0 amide bonds. The predicted molar refractivity (Wildman–Crippen MR) is 83.1 cm³/mol. The van der Waals surface area contributed by atoms with E-state index in [0.29, 0.717) is 0 Å². The van der Waals surface area contributed by atoms with Crippen LogP contribution in [0.3, 0.4) is 0 Å². The van der Waals surface area contributed by atoms with Crippen molar-refractivity contribution >= 4 is 38.7 Å². The van der Waals surface area contributed by atoms with Gasteiger partial charge in [0.1, 0.15) is 11.3 Å². The molecular weight excluding hydrogens is 342 g/mol. The monoisotopic (exact) mass is 357 g/mol. The number of imidazole rings is 1. The first-order valence-corrected chi connectivity index (χ1v) is 7.98. The Hall–Kier alpha value is -0.650. The van der Waals surface area contributed by atoms with E-state index in [9.17, 15) is 0 Å². The zero-order valence-corrected chi connectivity index (χ0v) is 13.9. The molecule has 2 aromatic rings. The number of methoxy groups -OCH3 is 1. The van der Waals surface area contributed by atoms with E-state index in [2.05, 4.69) is 30.5 Å². The van der Waals surface area contributed by atoms with Crippen LogP contribution in [-0.4, -0.2) is 27.2 Å². The lowest BCUT2D eigenvalue weighted by atomic mass is 9.80. The van der Waals surface area contributed by atoms with Crippen LogP contribution in [0.4, 0.5) is 0 Å². The highest BCUT2D eigenvalue weighted by Crippen LogP contribution is 2.38. The Bertz CT molecular complexity index is 631. The number of pyridine rings is 1. The van der Waals surface area contributed by atoms with E-state index in [0.717, 1.165) is 40.8 Å². The van der Waals surface area contributed by atoms with Crippen molar-refractivity contribution in [2.45, 2.75) is 43.7 Å². The fourth-order valence-electron chi connectivity index (χ4n) is 2.75. The van der Waals surface area contributed by atoms with Crippen molar-refractivity contribution in [3.63, 3.8) is 0 Å². The number of halogens is 2. The summed E-state index contributed by atoms with van der Waals surface area (Å²) in [6, 6.07) is 1.97. The summed E-state index contributed by atoms with van der Waals surface area (Å²) in [4.78, 5) is 9.13.